The number of carbonyl (C=O) groups excluding carboxylic acids is 3. The number of likely N-dealkylation sites (tertiary alicyclic amines) is 1. The maximum atomic E-state index is 13.0. The van der Waals surface area contributed by atoms with Crippen LogP contribution in [0.4, 0.5) is 4.39 Å². The molecule has 1 aromatic carbocycles. The van der Waals surface area contributed by atoms with Crippen molar-refractivity contribution in [2.45, 2.75) is 31.7 Å². The number of hydrogen-bond acceptors (Lipinski definition) is 3. The molecule has 3 N–H and O–H groups in total. The third-order valence-corrected chi connectivity index (χ3v) is 5.37. The van der Waals surface area contributed by atoms with Gasteiger partial charge in [-0.1, -0.05) is 12.2 Å². The molecule has 2 atom stereocenters. The third-order valence-electron chi connectivity index (χ3n) is 5.37. The molecule has 6 nitrogen and oxygen atoms in total. The first-order chi connectivity index (χ1) is 13.0. The van der Waals surface area contributed by atoms with Crippen LogP contribution >= 0.6 is 0 Å². The van der Waals surface area contributed by atoms with Crippen molar-refractivity contribution < 1.29 is 18.8 Å². The summed E-state index contributed by atoms with van der Waals surface area (Å²) in [7, 11) is 0. The van der Waals surface area contributed by atoms with Crippen LogP contribution in [0.2, 0.25) is 0 Å². The molecule has 27 heavy (non-hydrogen) atoms. The third kappa shape index (κ3) is 4.53. The highest BCUT2D eigenvalue weighted by atomic mass is 19.1. The van der Waals surface area contributed by atoms with Crippen LogP contribution in [0.5, 0.6) is 0 Å². The Balaban J connectivity index is 1.53. The minimum atomic E-state index is -0.399. The lowest BCUT2D eigenvalue weighted by Crippen LogP contribution is -2.50. The van der Waals surface area contributed by atoms with E-state index in [1.165, 1.54) is 24.3 Å². The number of nitrogens with two attached hydrogens (primary N) is 1. The number of hydrogen-bond donors (Lipinski definition) is 2. The van der Waals surface area contributed by atoms with E-state index in [1.807, 2.05) is 12.2 Å². The number of benzene rings is 1. The Morgan fingerprint density at radius 2 is 1.67 bits per heavy atom. The van der Waals surface area contributed by atoms with E-state index >= 15 is 0 Å². The van der Waals surface area contributed by atoms with Crippen LogP contribution in [-0.2, 0) is 9.59 Å². The lowest BCUT2D eigenvalue weighted by atomic mass is 9.87. The Morgan fingerprint density at radius 3 is 2.30 bits per heavy atom. The molecule has 1 aromatic rings. The molecule has 1 aliphatic carbocycles. The second-order valence-corrected chi connectivity index (χ2v) is 7.14. The van der Waals surface area contributed by atoms with Gasteiger partial charge in [0.15, 0.2) is 0 Å². The van der Waals surface area contributed by atoms with Crippen molar-refractivity contribution in [2.24, 2.45) is 17.6 Å². The van der Waals surface area contributed by atoms with Gasteiger partial charge in [0.05, 0.1) is 5.92 Å². The van der Waals surface area contributed by atoms with Crippen LogP contribution < -0.4 is 11.1 Å². The lowest BCUT2D eigenvalue weighted by Gasteiger charge is -2.33. The summed E-state index contributed by atoms with van der Waals surface area (Å²) in [6.45, 7) is 0.941. The highest BCUT2D eigenvalue weighted by molar-refractivity contribution is 5.94. The van der Waals surface area contributed by atoms with Crippen molar-refractivity contribution >= 4 is 17.7 Å². The van der Waals surface area contributed by atoms with E-state index in [0.29, 0.717) is 44.3 Å². The van der Waals surface area contributed by atoms with Gasteiger partial charge in [0.25, 0.3) is 5.91 Å². The number of allylic oxidation sites excluding steroid dienone is 1. The molecule has 1 saturated heterocycles. The van der Waals surface area contributed by atoms with E-state index in [1.54, 1.807) is 4.90 Å². The fourth-order valence-corrected chi connectivity index (χ4v) is 3.71. The monoisotopic (exact) mass is 373 g/mol. The first kappa shape index (κ1) is 19.1. The van der Waals surface area contributed by atoms with Crippen LogP contribution in [0.25, 0.3) is 0 Å². The molecular weight excluding hydrogens is 349 g/mol. The van der Waals surface area contributed by atoms with Crippen LogP contribution in [0.1, 0.15) is 36.0 Å². The van der Waals surface area contributed by atoms with E-state index < -0.39 is 5.91 Å². The maximum absolute atomic E-state index is 13.0. The largest absolute Gasteiger partial charge is 0.369 e. The van der Waals surface area contributed by atoms with E-state index in [9.17, 15) is 18.8 Å². The molecule has 2 aliphatic rings. The average Bonchev–Trinajstić information content (AvgIpc) is 2.68. The predicted molar refractivity (Wildman–Crippen MR) is 98.0 cm³/mol. The summed E-state index contributed by atoms with van der Waals surface area (Å²) in [6.07, 6.45) is 6.13. The van der Waals surface area contributed by atoms with Gasteiger partial charge in [0.2, 0.25) is 11.8 Å². The Kier molecular flexibility index (Phi) is 5.88. The summed E-state index contributed by atoms with van der Waals surface area (Å²) in [5.41, 5.74) is 5.88. The fourth-order valence-electron chi connectivity index (χ4n) is 3.71. The van der Waals surface area contributed by atoms with Gasteiger partial charge in [-0.25, -0.2) is 4.39 Å². The highest BCUT2D eigenvalue weighted by Crippen LogP contribution is 2.23. The van der Waals surface area contributed by atoms with E-state index in [-0.39, 0.29) is 35.5 Å². The second-order valence-electron chi connectivity index (χ2n) is 7.14. The Bertz CT molecular complexity index is 739. The summed E-state index contributed by atoms with van der Waals surface area (Å²) < 4.78 is 13.0. The smallest absolute Gasteiger partial charge is 0.253 e. The molecule has 0 bridgehead atoms. The molecule has 3 amide bonds. The van der Waals surface area contributed by atoms with Crippen LogP contribution in [0.3, 0.4) is 0 Å². The molecule has 3 rings (SSSR count). The standard InChI is InChI=1S/C20H24FN3O3/c21-15-7-5-14(6-8-15)20(27)24-11-9-13(10-12-24)19(26)23-17-4-2-1-3-16(17)18(22)25/h1-2,5-8,13,16-17H,3-4,9-12H2,(H2,22,25)(H,23,26). The molecular formula is C20H24FN3O3. The van der Waals surface area contributed by atoms with Crippen molar-refractivity contribution in [1.82, 2.24) is 10.2 Å². The molecule has 144 valence electrons. The number of nitrogens with one attached hydrogen (secondary N) is 1. The number of nitrogens with zero attached hydrogens (tertiary/aromatic N) is 1. The lowest BCUT2D eigenvalue weighted by molar-refractivity contribution is -0.128. The van der Waals surface area contributed by atoms with Gasteiger partial charge in [-0.2, -0.15) is 0 Å². The van der Waals surface area contributed by atoms with Gasteiger partial charge in [-0.05, 0) is 49.9 Å². The van der Waals surface area contributed by atoms with Gasteiger partial charge >= 0.3 is 0 Å². The molecule has 0 spiro atoms. The SMILES string of the molecule is NC(=O)C1CC=CCC1NC(=O)C1CCN(C(=O)c2ccc(F)cc2)CC1. The summed E-state index contributed by atoms with van der Waals surface area (Å²) in [4.78, 5) is 38.3. The quantitative estimate of drug-likeness (QED) is 0.786. The van der Waals surface area contributed by atoms with Crippen LogP contribution in [0.15, 0.2) is 36.4 Å². The van der Waals surface area contributed by atoms with E-state index in [2.05, 4.69) is 5.32 Å². The molecule has 0 aromatic heterocycles. The number of carbonyl (C=O) groups is 3. The summed E-state index contributed by atoms with van der Waals surface area (Å²) in [6, 6.07) is 5.20. The van der Waals surface area contributed by atoms with Gasteiger partial charge < -0.3 is 16.0 Å². The Labute approximate surface area is 157 Å². The minimum Gasteiger partial charge on any atom is -0.369 e. The van der Waals surface area contributed by atoms with E-state index in [0.717, 1.165) is 0 Å². The zero-order valence-corrected chi connectivity index (χ0v) is 15.1. The summed E-state index contributed by atoms with van der Waals surface area (Å²) in [5.74, 6) is -1.59. The van der Waals surface area contributed by atoms with Gasteiger partial charge in [0, 0.05) is 30.6 Å². The fraction of sp³-hybridized carbons (Fsp3) is 0.450. The summed E-state index contributed by atoms with van der Waals surface area (Å²) >= 11 is 0. The normalized spacial score (nSPS) is 23.1. The molecule has 1 fully saturated rings. The Morgan fingerprint density at radius 1 is 1.04 bits per heavy atom. The molecule has 1 heterocycles. The van der Waals surface area contributed by atoms with Crippen molar-refractivity contribution in [3.63, 3.8) is 0 Å². The number of primary amides is 1. The van der Waals surface area contributed by atoms with E-state index in [4.69, 9.17) is 5.73 Å². The topological polar surface area (TPSA) is 92.5 Å². The number of amides is 3. The minimum absolute atomic E-state index is 0.0876. The molecule has 7 heteroatoms. The zero-order chi connectivity index (χ0) is 19.4. The van der Waals surface area contributed by atoms with Crippen molar-refractivity contribution in [1.29, 1.82) is 0 Å². The molecule has 2 unspecified atom stereocenters. The zero-order valence-electron chi connectivity index (χ0n) is 15.1. The highest BCUT2D eigenvalue weighted by Gasteiger charge is 2.32. The predicted octanol–water partition coefficient (Wildman–Crippen LogP) is 1.61. The van der Waals surface area contributed by atoms with Gasteiger partial charge in [-0.15, -0.1) is 0 Å². The molecule has 0 saturated carbocycles. The van der Waals surface area contributed by atoms with Crippen LogP contribution in [-0.4, -0.2) is 41.8 Å². The Hall–Kier alpha value is -2.70. The van der Waals surface area contributed by atoms with Gasteiger partial charge in [-0.3, -0.25) is 14.4 Å². The van der Waals surface area contributed by atoms with Crippen molar-refractivity contribution in [3.05, 3.63) is 47.8 Å². The first-order valence-corrected chi connectivity index (χ1v) is 9.25. The molecule has 0 radical (unpaired) electrons. The summed E-state index contributed by atoms with van der Waals surface area (Å²) in [5, 5.41) is 2.97. The number of piperidine rings is 1. The number of halogens is 1. The maximum Gasteiger partial charge on any atom is 0.253 e. The molecule has 1 aliphatic heterocycles. The van der Waals surface area contributed by atoms with Gasteiger partial charge in [0.1, 0.15) is 5.82 Å². The van der Waals surface area contributed by atoms with Crippen molar-refractivity contribution in [3.8, 4) is 0 Å². The van der Waals surface area contributed by atoms with Crippen LogP contribution in [0, 0.1) is 17.7 Å². The average molecular weight is 373 g/mol. The van der Waals surface area contributed by atoms with Crippen molar-refractivity contribution in [2.75, 3.05) is 13.1 Å². The number of rotatable bonds is 4. The second kappa shape index (κ2) is 8.33. The first-order valence-electron chi connectivity index (χ1n) is 9.25.